The first kappa shape index (κ1) is 20.4. The number of likely N-dealkylation sites (tertiary alicyclic amines) is 1. The van der Waals surface area contributed by atoms with Gasteiger partial charge in [-0.3, -0.25) is 9.59 Å². The van der Waals surface area contributed by atoms with Crippen molar-refractivity contribution in [2.45, 2.75) is 25.7 Å². The van der Waals surface area contributed by atoms with E-state index in [1.807, 2.05) is 59.5 Å². The van der Waals surface area contributed by atoms with Crippen molar-refractivity contribution in [3.05, 3.63) is 60.2 Å². The van der Waals surface area contributed by atoms with Gasteiger partial charge in [0.25, 0.3) is 0 Å². The number of benzene rings is 2. The zero-order valence-corrected chi connectivity index (χ0v) is 16.3. The van der Waals surface area contributed by atoms with Gasteiger partial charge in [-0.05, 0) is 42.7 Å². The van der Waals surface area contributed by atoms with E-state index in [0.29, 0.717) is 45.4 Å². The summed E-state index contributed by atoms with van der Waals surface area (Å²) < 4.78 is 5.59. The van der Waals surface area contributed by atoms with Crippen molar-refractivity contribution in [3.8, 4) is 11.8 Å². The molecule has 6 heteroatoms. The third-order valence-corrected chi connectivity index (χ3v) is 5.05. The highest BCUT2D eigenvalue weighted by Crippen LogP contribution is 2.20. The van der Waals surface area contributed by atoms with E-state index in [1.54, 1.807) is 0 Å². The lowest BCUT2D eigenvalue weighted by molar-refractivity contribution is -0.135. The number of hydrogen-bond donors (Lipinski definition) is 1. The van der Waals surface area contributed by atoms with Gasteiger partial charge < -0.3 is 15.0 Å². The Morgan fingerprint density at radius 2 is 1.76 bits per heavy atom. The summed E-state index contributed by atoms with van der Waals surface area (Å²) in [6.45, 7) is 1.53. The average Bonchev–Trinajstić information content (AvgIpc) is 2.76. The number of carbonyl (C=O) groups excluding carboxylic acids is 2. The first-order valence-corrected chi connectivity index (χ1v) is 9.88. The molecule has 0 bridgehead atoms. The predicted molar refractivity (Wildman–Crippen MR) is 110 cm³/mol. The van der Waals surface area contributed by atoms with Gasteiger partial charge in [0.15, 0.2) is 0 Å². The van der Waals surface area contributed by atoms with Crippen molar-refractivity contribution in [2.24, 2.45) is 5.92 Å². The smallest absolute Gasteiger partial charge is 0.227 e. The number of piperidine rings is 1. The Kier molecular flexibility index (Phi) is 7.23. The number of anilines is 1. The number of hydrogen-bond acceptors (Lipinski definition) is 4. The molecule has 29 heavy (non-hydrogen) atoms. The second-order valence-corrected chi connectivity index (χ2v) is 7.09. The number of nitrogens with zero attached hydrogens (tertiary/aromatic N) is 2. The molecule has 0 saturated carbocycles. The molecule has 0 aromatic heterocycles. The molecule has 150 valence electrons. The third-order valence-electron chi connectivity index (χ3n) is 5.05. The first-order valence-electron chi connectivity index (χ1n) is 9.88. The van der Waals surface area contributed by atoms with E-state index in [0.717, 1.165) is 17.0 Å². The van der Waals surface area contributed by atoms with Gasteiger partial charge >= 0.3 is 0 Å². The fraction of sp³-hybridized carbons (Fsp3) is 0.348. The molecule has 1 N–H and O–H groups in total. The normalized spacial score (nSPS) is 14.1. The number of amides is 2. The summed E-state index contributed by atoms with van der Waals surface area (Å²) in [5.41, 5.74) is 1.65. The monoisotopic (exact) mass is 391 g/mol. The van der Waals surface area contributed by atoms with Gasteiger partial charge in [-0.25, -0.2) is 0 Å². The highest BCUT2D eigenvalue weighted by atomic mass is 16.5. The van der Waals surface area contributed by atoms with Gasteiger partial charge in [0, 0.05) is 24.7 Å². The van der Waals surface area contributed by atoms with Crippen molar-refractivity contribution >= 4 is 17.5 Å². The number of rotatable bonds is 7. The molecule has 2 amide bonds. The first-order chi connectivity index (χ1) is 14.2. The Hall–Kier alpha value is -3.33. The van der Waals surface area contributed by atoms with Gasteiger partial charge in [-0.2, -0.15) is 5.26 Å². The van der Waals surface area contributed by atoms with Crippen LogP contribution in [0.25, 0.3) is 0 Å². The molecule has 0 aliphatic carbocycles. The Morgan fingerprint density at radius 3 is 2.41 bits per heavy atom. The van der Waals surface area contributed by atoms with E-state index < -0.39 is 0 Å². The lowest BCUT2D eigenvalue weighted by Gasteiger charge is -2.31. The quantitative estimate of drug-likeness (QED) is 0.784. The van der Waals surface area contributed by atoms with Gasteiger partial charge in [-0.15, -0.1) is 0 Å². The molecule has 0 unspecified atom stereocenters. The summed E-state index contributed by atoms with van der Waals surface area (Å²) >= 11 is 0. The predicted octanol–water partition coefficient (Wildman–Crippen LogP) is 3.40. The fourth-order valence-electron chi connectivity index (χ4n) is 3.36. The molecule has 1 aliphatic heterocycles. The standard InChI is InChI=1S/C23H25N3O3/c24-14-10-18-6-8-20(9-7-18)25-23(28)19-11-15-26(16-12-19)22(27)13-17-29-21-4-2-1-3-5-21/h1-9,19H,10-13,15-17H2,(H,25,28). The summed E-state index contributed by atoms with van der Waals surface area (Å²) in [7, 11) is 0. The molecule has 1 saturated heterocycles. The molecule has 2 aromatic carbocycles. The van der Waals surface area contributed by atoms with Crippen LogP contribution in [0.4, 0.5) is 5.69 Å². The number of carbonyl (C=O) groups is 2. The van der Waals surface area contributed by atoms with Gasteiger partial charge in [0.1, 0.15) is 5.75 Å². The molecule has 2 aromatic rings. The fourth-order valence-corrected chi connectivity index (χ4v) is 3.36. The van der Waals surface area contributed by atoms with Crippen LogP contribution < -0.4 is 10.1 Å². The van der Waals surface area contributed by atoms with E-state index in [9.17, 15) is 9.59 Å². The minimum absolute atomic E-state index is 0.0162. The number of para-hydroxylation sites is 1. The van der Waals surface area contributed by atoms with Crippen LogP contribution >= 0.6 is 0 Å². The lowest BCUT2D eigenvalue weighted by Crippen LogP contribution is -2.41. The van der Waals surface area contributed by atoms with Crippen molar-refractivity contribution in [2.75, 3.05) is 25.0 Å². The second kappa shape index (κ2) is 10.3. The maximum atomic E-state index is 12.5. The molecule has 6 nitrogen and oxygen atoms in total. The molecule has 1 fully saturated rings. The van der Waals surface area contributed by atoms with E-state index in [2.05, 4.69) is 11.4 Å². The van der Waals surface area contributed by atoms with Crippen LogP contribution in [0.3, 0.4) is 0 Å². The van der Waals surface area contributed by atoms with Gasteiger partial charge in [-0.1, -0.05) is 30.3 Å². The van der Waals surface area contributed by atoms with Gasteiger partial charge in [0.05, 0.1) is 25.5 Å². The molecular weight excluding hydrogens is 366 g/mol. The molecule has 1 heterocycles. The second-order valence-electron chi connectivity index (χ2n) is 7.09. The minimum Gasteiger partial charge on any atom is -0.493 e. The van der Waals surface area contributed by atoms with Crippen molar-refractivity contribution in [3.63, 3.8) is 0 Å². The van der Waals surface area contributed by atoms with E-state index >= 15 is 0 Å². The Morgan fingerprint density at radius 1 is 1.07 bits per heavy atom. The van der Waals surface area contributed by atoms with Crippen LogP contribution in [0, 0.1) is 17.2 Å². The zero-order chi connectivity index (χ0) is 20.5. The average molecular weight is 391 g/mol. The summed E-state index contributed by atoms with van der Waals surface area (Å²) in [6.07, 6.45) is 2.01. The maximum Gasteiger partial charge on any atom is 0.227 e. The third kappa shape index (κ3) is 6.08. The summed E-state index contributed by atoms with van der Waals surface area (Å²) in [5.74, 6) is 0.708. The highest BCUT2D eigenvalue weighted by molar-refractivity contribution is 5.92. The van der Waals surface area contributed by atoms with Crippen LogP contribution in [-0.2, 0) is 16.0 Å². The van der Waals surface area contributed by atoms with Crippen LogP contribution in [0.15, 0.2) is 54.6 Å². The Labute approximate surface area is 171 Å². The highest BCUT2D eigenvalue weighted by Gasteiger charge is 2.27. The van der Waals surface area contributed by atoms with Crippen LogP contribution in [0.2, 0.25) is 0 Å². The van der Waals surface area contributed by atoms with Crippen LogP contribution in [-0.4, -0.2) is 36.4 Å². The lowest BCUT2D eigenvalue weighted by atomic mass is 9.95. The SMILES string of the molecule is N#CCc1ccc(NC(=O)C2CCN(C(=O)CCOc3ccccc3)CC2)cc1. The topological polar surface area (TPSA) is 82.4 Å². The van der Waals surface area contributed by atoms with Crippen molar-refractivity contribution < 1.29 is 14.3 Å². The summed E-state index contributed by atoms with van der Waals surface area (Å²) in [4.78, 5) is 26.7. The number of nitriles is 1. The largest absolute Gasteiger partial charge is 0.493 e. The Balaban J connectivity index is 1.39. The molecule has 0 atom stereocenters. The minimum atomic E-state index is -0.0987. The van der Waals surface area contributed by atoms with Crippen molar-refractivity contribution in [1.29, 1.82) is 5.26 Å². The Bertz CT molecular complexity index is 851. The van der Waals surface area contributed by atoms with E-state index in [1.165, 1.54) is 0 Å². The molecule has 0 radical (unpaired) electrons. The molecule has 1 aliphatic rings. The van der Waals surface area contributed by atoms with Crippen LogP contribution in [0.1, 0.15) is 24.8 Å². The van der Waals surface area contributed by atoms with E-state index in [-0.39, 0.29) is 17.7 Å². The maximum absolute atomic E-state index is 12.5. The molecular formula is C23H25N3O3. The number of nitrogens with one attached hydrogen (secondary N) is 1. The molecule has 3 rings (SSSR count). The van der Waals surface area contributed by atoms with Crippen LogP contribution in [0.5, 0.6) is 5.75 Å². The van der Waals surface area contributed by atoms with Crippen molar-refractivity contribution in [1.82, 2.24) is 4.90 Å². The zero-order valence-electron chi connectivity index (χ0n) is 16.3. The van der Waals surface area contributed by atoms with Gasteiger partial charge in [0.2, 0.25) is 11.8 Å². The molecule has 0 spiro atoms. The van der Waals surface area contributed by atoms with E-state index in [4.69, 9.17) is 10.00 Å². The number of ether oxygens (including phenoxy) is 1. The summed E-state index contributed by atoms with van der Waals surface area (Å²) in [5, 5.41) is 11.6. The summed E-state index contributed by atoms with van der Waals surface area (Å²) in [6, 6.07) is 18.9.